The molecule has 1 aliphatic rings. The Labute approximate surface area is 115 Å². The second-order valence-electron chi connectivity index (χ2n) is 5.32. The van der Waals surface area contributed by atoms with E-state index in [1.54, 1.807) is 0 Å². The predicted octanol–water partition coefficient (Wildman–Crippen LogP) is 3.66. The van der Waals surface area contributed by atoms with Crippen LogP contribution in [0.4, 0.5) is 0 Å². The van der Waals surface area contributed by atoms with Crippen molar-refractivity contribution in [2.45, 2.75) is 51.6 Å². The van der Waals surface area contributed by atoms with E-state index in [4.69, 9.17) is 0 Å². The second kappa shape index (κ2) is 6.18. The van der Waals surface area contributed by atoms with Gasteiger partial charge in [0.15, 0.2) is 0 Å². The Kier molecular flexibility index (Phi) is 4.82. The van der Waals surface area contributed by atoms with E-state index in [9.17, 15) is 0 Å². The third kappa shape index (κ3) is 2.79. The molecule has 1 aromatic rings. The molecule has 1 saturated heterocycles. The van der Waals surface area contributed by atoms with Gasteiger partial charge in [-0.05, 0) is 30.7 Å². The Bertz CT molecular complexity index is 343. The molecule has 2 heterocycles. The van der Waals surface area contributed by atoms with E-state index in [1.165, 1.54) is 37.2 Å². The summed E-state index contributed by atoms with van der Waals surface area (Å²) in [4.78, 5) is 4.22. The van der Waals surface area contributed by atoms with Crippen LogP contribution in [0.2, 0.25) is 0 Å². The summed E-state index contributed by atoms with van der Waals surface area (Å²) < 4.78 is 0. The Morgan fingerprint density at radius 3 is 2.72 bits per heavy atom. The molecule has 0 aliphatic carbocycles. The van der Waals surface area contributed by atoms with Crippen LogP contribution in [0.1, 0.15) is 51.0 Å². The van der Waals surface area contributed by atoms with Gasteiger partial charge < -0.3 is 5.32 Å². The summed E-state index contributed by atoms with van der Waals surface area (Å²) in [6.45, 7) is 10.4. The molecule has 0 saturated carbocycles. The van der Waals surface area contributed by atoms with Gasteiger partial charge in [-0.3, -0.25) is 4.90 Å². The summed E-state index contributed by atoms with van der Waals surface area (Å²) in [5, 5.41) is 5.95. The standard InChI is InChI=1S/C15H26N2S/c1-4-13(14-8-7-11-18-14)17-10-9-16-15(5-2,6-3)12-17/h7-8,11,13,16H,4-6,9-10,12H2,1-3H3. The molecular formula is C15H26N2S. The molecule has 0 bridgehead atoms. The maximum absolute atomic E-state index is 3.75. The molecule has 2 rings (SSSR count). The molecule has 1 aliphatic heterocycles. The van der Waals surface area contributed by atoms with Crippen LogP contribution in [-0.4, -0.2) is 30.1 Å². The van der Waals surface area contributed by atoms with Crippen LogP contribution in [0.15, 0.2) is 17.5 Å². The van der Waals surface area contributed by atoms with Gasteiger partial charge in [0.1, 0.15) is 0 Å². The van der Waals surface area contributed by atoms with Crippen LogP contribution in [0.25, 0.3) is 0 Å². The average Bonchev–Trinajstić information content (AvgIpc) is 2.94. The smallest absolute Gasteiger partial charge is 0.0440 e. The van der Waals surface area contributed by atoms with E-state index < -0.39 is 0 Å². The van der Waals surface area contributed by atoms with E-state index in [-0.39, 0.29) is 0 Å². The van der Waals surface area contributed by atoms with Gasteiger partial charge in [0.05, 0.1) is 0 Å². The zero-order valence-corrected chi connectivity index (χ0v) is 12.7. The van der Waals surface area contributed by atoms with Crippen LogP contribution in [-0.2, 0) is 0 Å². The first-order valence-electron chi connectivity index (χ1n) is 7.27. The summed E-state index contributed by atoms with van der Waals surface area (Å²) in [6.07, 6.45) is 3.66. The fourth-order valence-corrected chi connectivity index (χ4v) is 4.04. The van der Waals surface area contributed by atoms with Crippen molar-refractivity contribution in [3.8, 4) is 0 Å². The van der Waals surface area contributed by atoms with Gasteiger partial charge in [0.2, 0.25) is 0 Å². The van der Waals surface area contributed by atoms with Crippen molar-refractivity contribution in [2.24, 2.45) is 0 Å². The van der Waals surface area contributed by atoms with Gasteiger partial charge in [0, 0.05) is 36.1 Å². The molecular weight excluding hydrogens is 240 g/mol. The third-order valence-corrected chi connectivity index (χ3v) is 5.43. The summed E-state index contributed by atoms with van der Waals surface area (Å²) in [5.74, 6) is 0. The van der Waals surface area contributed by atoms with Gasteiger partial charge in [-0.2, -0.15) is 0 Å². The van der Waals surface area contributed by atoms with E-state index >= 15 is 0 Å². The third-order valence-electron chi connectivity index (χ3n) is 4.46. The van der Waals surface area contributed by atoms with Crippen molar-refractivity contribution >= 4 is 11.3 Å². The normalized spacial score (nSPS) is 21.9. The zero-order chi connectivity index (χ0) is 13.0. The molecule has 3 heteroatoms. The minimum atomic E-state index is 0.336. The molecule has 18 heavy (non-hydrogen) atoms. The molecule has 0 aromatic carbocycles. The first-order chi connectivity index (χ1) is 8.74. The molecule has 0 spiro atoms. The predicted molar refractivity (Wildman–Crippen MR) is 80.2 cm³/mol. The molecule has 2 nitrogen and oxygen atoms in total. The molecule has 0 radical (unpaired) electrons. The maximum atomic E-state index is 3.75. The van der Waals surface area contributed by atoms with E-state index in [2.05, 4.69) is 48.5 Å². The van der Waals surface area contributed by atoms with Crippen LogP contribution >= 0.6 is 11.3 Å². The van der Waals surface area contributed by atoms with Gasteiger partial charge >= 0.3 is 0 Å². The van der Waals surface area contributed by atoms with Crippen LogP contribution in [0.5, 0.6) is 0 Å². The highest BCUT2D eigenvalue weighted by molar-refractivity contribution is 7.10. The molecule has 0 amide bonds. The Morgan fingerprint density at radius 1 is 1.39 bits per heavy atom. The number of rotatable bonds is 5. The summed E-state index contributed by atoms with van der Waals surface area (Å²) in [5.41, 5.74) is 0.336. The van der Waals surface area contributed by atoms with Gasteiger partial charge in [0.25, 0.3) is 0 Å². The van der Waals surface area contributed by atoms with Gasteiger partial charge in [-0.25, -0.2) is 0 Å². The van der Waals surface area contributed by atoms with Crippen molar-refractivity contribution < 1.29 is 0 Å². The summed E-state index contributed by atoms with van der Waals surface area (Å²) in [7, 11) is 0. The lowest BCUT2D eigenvalue weighted by Gasteiger charge is -2.45. The number of thiophene rings is 1. The molecule has 102 valence electrons. The Hall–Kier alpha value is -0.380. The van der Waals surface area contributed by atoms with Crippen molar-refractivity contribution in [1.29, 1.82) is 0 Å². The summed E-state index contributed by atoms with van der Waals surface area (Å²) in [6, 6.07) is 5.09. The Balaban J connectivity index is 2.12. The first-order valence-corrected chi connectivity index (χ1v) is 8.15. The van der Waals surface area contributed by atoms with Crippen LogP contribution in [0.3, 0.4) is 0 Å². The van der Waals surface area contributed by atoms with Crippen LogP contribution < -0.4 is 5.32 Å². The second-order valence-corrected chi connectivity index (χ2v) is 6.30. The number of hydrogen-bond acceptors (Lipinski definition) is 3. The lowest BCUT2D eigenvalue weighted by molar-refractivity contribution is 0.0847. The van der Waals surface area contributed by atoms with E-state index in [0.717, 1.165) is 6.54 Å². The lowest BCUT2D eigenvalue weighted by atomic mass is 9.89. The van der Waals surface area contributed by atoms with Crippen molar-refractivity contribution in [3.05, 3.63) is 22.4 Å². The van der Waals surface area contributed by atoms with Crippen molar-refractivity contribution in [2.75, 3.05) is 19.6 Å². The van der Waals surface area contributed by atoms with Gasteiger partial charge in [-0.1, -0.05) is 26.8 Å². The molecule has 1 N–H and O–H groups in total. The minimum Gasteiger partial charge on any atom is -0.309 e. The highest BCUT2D eigenvalue weighted by Gasteiger charge is 2.34. The fraction of sp³-hybridized carbons (Fsp3) is 0.733. The summed E-state index contributed by atoms with van der Waals surface area (Å²) >= 11 is 1.90. The first kappa shape index (κ1) is 14.0. The van der Waals surface area contributed by atoms with E-state index in [1.807, 2.05) is 11.3 Å². The molecule has 1 atom stereocenters. The molecule has 1 unspecified atom stereocenters. The highest BCUT2D eigenvalue weighted by atomic mass is 32.1. The number of nitrogens with one attached hydrogen (secondary N) is 1. The Morgan fingerprint density at radius 2 is 2.17 bits per heavy atom. The minimum absolute atomic E-state index is 0.336. The number of hydrogen-bond donors (Lipinski definition) is 1. The number of nitrogens with zero attached hydrogens (tertiary/aromatic N) is 1. The topological polar surface area (TPSA) is 15.3 Å². The maximum Gasteiger partial charge on any atom is 0.0440 e. The zero-order valence-electron chi connectivity index (χ0n) is 11.9. The monoisotopic (exact) mass is 266 g/mol. The van der Waals surface area contributed by atoms with Crippen molar-refractivity contribution in [3.63, 3.8) is 0 Å². The average molecular weight is 266 g/mol. The largest absolute Gasteiger partial charge is 0.309 e. The molecule has 1 fully saturated rings. The van der Waals surface area contributed by atoms with E-state index in [0.29, 0.717) is 11.6 Å². The van der Waals surface area contributed by atoms with Gasteiger partial charge in [-0.15, -0.1) is 11.3 Å². The van der Waals surface area contributed by atoms with Crippen LogP contribution in [0, 0.1) is 0 Å². The number of piperazine rings is 1. The lowest BCUT2D eigenvalue weighted by Crippen LogP contribution is -2.60. The highest BCUT2D eigenvalue weighted by Crippen LogP contribution is 2.31. The van der Waals surface area contributed by atoms with Crippen molar-refractivity contribution in [1.82, 2.24) is 10.2 Å². The quantitative estimate of drug-likeness (QED) is 0.875. The SMILES string of the molecule is CCC(c1cccs1)N1CCNC(CC)(CC)C1. The molecule has 1 aromatic heterocycles. The fourth-order valence-electron chi connectivity index (χ4n) is 3.10.